The predicted molar refractivity (Wildman–Crippen MR) is 137 cm³/mol. The van der Waals surface area contributed by atoms with Crippen molar-refractivity contribution in [3.05, 3.63) is 34.1 Å². The monoisotopic (exact) mass is 475 g/mol. The summed E-state index contributed by atoms with van der Waals surface area (Å²) in [6.07, 6.45) is 1.98. The summed E-state index contributed by atoms with van der Waals surface area (Å²) in [6, 6.07) is 5.66. The van der Waals surface area contributed by atoms with E-state index in [4.69, 9.17) is 21.7 Å². The molecule has 182 valence electrons. The van der Waals surface area contributed by atoms with Gasteiger partial charge in [0.15, 0.2) is 16.6 Å². The Labute approximate surface area is 201 Å². The second-order valence-corrected chi connectivity index (χ2v) is 8.99. The van der Waals surface area contributed by atoms with Crippen LogP contribution in [0.3, 0.4) is 0 Å². The lowest BCUT2D eigenvalue weighted by atomic mass is 10.1. The molecule has 0 saturated carbocycles. The number of nitrogens with zero attached hydrogens (tertiary/aromatic N) is 3. The van der Waals surface area contributed by atoms with Crippen LogP contribution in [0, 0.1) is 0 Å². The van der Waals surface area contributed by atoms with Crippen molar-refractivity contribution in [1.29, 1.82) is 0 Å². The number of H-pyrrole nitrogens is 1. The number of thiocarbonyl (C=S) groups is 1. The van der Waals surface area contributed by atoms with Gasteiger partial charge < -0.3 is 34.5 Å². The second-order valence-electron chi connectivity index (χ2n) is 8.61. The van der Waals surface area contributed by atoms with Crippen LogP contribution in [0.4, 0.5) is 0 Å². The number of rotatable bonds is 12. The molecule has 0 amide bonds. The maximum Gasteiger partial charge on any atom is 0.253 e. The lowest BCUT2D eigenvalue weighted by Crippen LogP contribution is -2.42. The quantitative estimate of drug-likeness (QED) is 0.359. The first-order valence-electron chi connectivity index (χ1n) is 11.8. The molecule has 1 aromatic carbocycles. The zero-order chi connectivity index (χ0) is 23.8. The van der Waals surface area contributed by atoms with E-state index in [2.05, 4.69) is 52.9 Å². The third-order valence-electron chi connectivity index (χ3n) is 5.92. The predicted octanol–water partition coefficient (Wildman–Crippen LogP) is 2.62. The average molecular weight is 476 g/mol. The molecule has 0 fully saturated rings. The van der Waals surface area contributed by atoms with Crippen molar-refractivity contribution in [2.45, 2.75) is 33.2 Å². The summed E-state index contributed by atoms with van der Waals surface area (Å²) in [5.74, 6) is 1.36. The van der Waals surface area contributed by atoms with E-state index in [9.17, 15) is 4.79 Å². The molecule has 0 unspecified atom stereocenters. The van der Waals surface area contributed by atoms with E-state index in [1.165, 1.54) is 0 Å². The fourth-order valence-corrected chi connectivity index (χ4v) is 4.20. The minimum absolute atomic E-state index is 0.108. The second kappa shape index (κ2) is 12.2. The number of benzene rings is 1. The Morgan fingerprint density at radius 3 is 2.48 bits per heavy atom. The van der Waals surface area contributed by atoms with Crippen LogP contribution in [0.5, 0.6) is 11.5 Å². The van der Waals surface area contributed by atoms with Crippen LogP contribution in [0.2, 0.25) is 0 Å². The summed E-state index contributed by atoms with van der Waals surface area (Å²) in [5.41, 5.74) is 1.31. The third kappa shape index (κ3) is 7.06. The largest absolute Gasteiger partial charge is 0.454 e. The molecule has 9 heteroatoms. The van der Waals surface area contributed by atoms with E-state index >= 15 is 0 Å². The van der Waals surface area contributed by atoms with Gasteiger partial charge in [-0.25, -0.2) is 0 Å². The number of hydrogen-bond acceptors (Lipinski definition) is 6. The summed E-state index contributed by atoms with van der Waals surface area (Å²) in [5, 5.41) is 5.01. The summed E-state index contributed by atoms with van der Waals surface area (Å²) < 4.78 is 10.9. The maximum atomic E-state index is 12.8. The van der Waals surface area contributed by atoms with Crippen molar-refractivity contribution in [3.8, 4) is 11.5 Å². The Bertz CT molecular complexity index is 990. The molecule has 3 rings (SSSR count). The van der Waals surface area contributed by atoms with Gasteiger partial charge in [-0.15, -0.1) is 0 Å². The number of fused-ring (bicyclic) bond motifs is 2. The van der Waals surface area contributed by atoms with Crippen LogP contribution in [0.15, 0.2) is 23.0 Å². The third-order valence-corrected chi connectivity index (χ3v) is 6.32. The van der Waals surface area contributed by atoms with Gasteiger partial charge in [-0.05, 0) is 77.5 Å². The fraction of sp³-hybridized carbons (Fsp3) is 0.583. The molecule has 1 aliphatic rings. The number of nitrogens with one attached hydrogen (secondary N) is 2. The Morgan fingerprint density at radius 1 is 1.06 bits per heavy atom. The van der Waals surface area contributed by atoms with Crippen molar-refractivity contribution >= 4 is 28.2 Å². The summed E-state index contributed by atoms with van der Waals surface area (Å²) in [4.78, 5) is 22.5. The van der Waals surface area contributed by atoms with E-state index in [0.29, 0.717) is 28.7 Å². The van der Waals surface area contributed by atoms with E-state index in [-0.39, 0.29) is 12.4 Å². The Morgan fingerprint density at radius 2 is 1.79 bits per heavy atom. The van der Waals surface area contributed by atoms with Gasteiger partial charge in [0.1, 0.15) is 0 Å². The normalized spacial score (nSPS) is 12.7. The van der Waals surface area contributed by atoms with Gasteiger partial charge in [-0.3, -0.25) is 4.79 Å². The number of aromatic nitrogens is 1. The molecular weight excluding hydrogens is 438 g/mol. The molecule has 2 aromatic rings. The Hall–Kier alpha value is -2.36. The van der Waals surface area contributed by atoms with Gasteiger partial charge >= 0.3 is 0 Å². The minimum Gasteiger partial charge on any atom is -0.454 e. The number of hydrogen-bond donors (Lipinski definition) is 2. The summed E-state index contributed by atoms with van der Waals surface area (Å²) in [6.45, 7) is 10.7. The molecule has 1 aliphatic heterocycles. The van der Waals surface area contributed by atoms with Crippen LogP contribution in [-0.2, 0) is 6.54 Å². The van der Waals surface area contributed by atoms with E-state index in [1.54, 1.807) is 0 Å². The highest BCUT2D eigenvalue weighted by Crippen LogP contribution is 2.35. The van der Waals surface area contributed by atoms with Gasteiger partial charge in [-0.1, -0.05) is 13.8 Å². The van der Waals surface area contributed by atoms with Gasteiger partial charge in [0.2, 0.25) is 6.79 Å². The Kier molecular flexibility index (Phi) is 9.34. The number of pyridine rings is 1. The van der Waals surface area contributed by atoms with E-state index in [1.807, 2.05) is 18.2 Å². The van der Waals surface area contributed by atoms with E-state index < -0.39 is 0 Å². The van der Waals surface area contributed by atoms with Gasteiger partial charge in [-0.2, -0.15) is 0 Å². The molecule has 0 aliphatic carbocycles. The first-order valence-corrected chi connectivity index (χ1v) is 12.2. The molecule has 0 saturated heterocycles. The summed E-state index contributed by atoms with van der Waals surface area (Å²) in [7, 11) is 4.12. The number of ether oxygens (including phenoxy) is 2. The molecular formula is C24H37N5O3S. The molecule has 33 heavy (non-hydrogen) atoms. The van der Waals surface area contributed by atoms with Crippen molar-refractivity contribution < 1.29 is 9.47 Å². The smallest absolute Gasteiger partial charge is 0.253 e. The van der Waals surface area contributed by atoms with Gasteiger partial charge in [0, 0.05) is 30.1 Å². The van der Waals surface area contributed by atoms with Crippen molar-refractivity contribution in [2.24, 2.45) is 0 Å². The first kappa shape index (κ1) is 25.3. The van der Waals surface area contributed by atoms with Gasteiger partial charge in [0.25, 0.3) is 5.56 Å². The van der Waals surface area contributed by atoms with Crippen molar-refractivity contribution in [3.63, 3.8) is 0 Å². The highest BCUT2D eigenvalue weighted by atomic mass is 32.1. The maximum absolute atomic E-state index is 12.8. The SMILES string of the molecule is CCN(CC)CCCNC(=S)N(CCCN(C)C)Cc1cc2cc3c(cc2[nH]c1=O)OCO3. The van der Waals surface area contributed by atoms with Crippen LogP contribution in [-0.4, -0.2) is 85.0 Å². The molecule has 0 radical (unpaired) electrons. The zero-order valence-electron chi connectivity index (χ0n) is 20.3. The van der Waals surface area contributed by atoms with Crippen LogP contribution in [0.1, 0.15) is 32.3 Å². The van der Waals surface area contributed by atoms with E-state index in [0.717, 1.165) is 63.0 Å². The minimum atomic E-state index is -0.108. The lowest BCUT2D eigenvalue weighted by Gasteiger charge is -2.27. The highest BCUT2D eigenvalue weighted by Gasteiger charge is 2.17. The van der Waals surface area contributed by atoms with Crippen LogP contribution in [0.25, 0.3) is 10.9 Å². The van der Waals surface area contributed by atoms with Gasteiger partial charge in [0.05, 0.1) is 12.1 Å². The molecule has 0 bridgehead atoms. The molecule has 1 aromatic heterocycles. The average Bonchev–Trinajstić information content (AvgIpc) is 3.24. The molecule has 0 spiro atoms. The topological polar surface area (TPSA) is 73.1 Å². The Balaban J connectivity index is 1.70. The fourth-order valence-electron chi connectivity index (χ4n) is 3.94. The molecule has 0 atom stereocenters. The zero-order valence-corrected chi connectivity index (χ0v) is 21.1. The lowest BCUT2D eigenvalue weighted by molar-refractivity contribution is 0.174. The summed E-state index contributed by atoms with van der Waals surface area (Å²) >= 11 is 5.73. The first-order chi connectivity index (χ1) is 15.9. The molecule has 2 heterocycles. The van der Waals surface area contributed by atoms with Crippen molar-refractivity contribution in [2.75, 3.05) is 60.2 Å². The van der Waals surface area contributed by atoms with Crippen LogP contribution < -0.4 is 20.3 Å². The number of aromatic amines is 1. The standard InChI is InChI=1S/C24H37N5O3S/c1-5-28(6-2)11-7-9-25-24(33)29(12-8-10-27(3)4)16-19-13-18-14-21-22(32-17-31-21)15-20(18)26-23(19)30/h13-15H,5-12,16-17H2,1-4H3,(H,25,33)(H,26,30). The molecule has 2 N–H and O–H groups in total. The van der Waals surface area contributed by atoms with Crippen LogP contribution >= 0.6 is 12.2 Å². The highest BCUT2D eigenvalue weighted by molar-refractivity contribution is 7.80. The van der Waals surface area contributed by atoms with Crippen molar-refractivity contribution in [1.82, 2.24) is 25.0 Å². The molecule has 8 nitrogen and oxygen atoms in total.